The molecule has 4 heteroatoms. The second kappa shape index (κ2) is 7.02. The van der Waals surface area contributed by atoms with E-state index in [1.807, 2.05) is 43.0 Å². The molecule has 0 aliphatic rings. The van der Waals surface area contributed by atoms with Gasteiger partial charge in [0.2, 0.25) is 0 Å². The van der Waals surface area contributed by atoms with Crippen molar-refractivity contribution in [2.24, 2.45) is 0 Å². The van der Waals surface area contributed by atoms with Crippen LogP contribution in [0.2, 0.25) is 0 Å². The van der Waals surface area contributed by atoms with Crippen LogP contribution < -0.4 is 10.6 Å². The average molecular weight is 263 g/mol. The zero-order chi connectivity index (χ0) is 14.4. The molecule has 19 heavy (non-hydrogen) atoms. The van der Waals surface area contributed by atoms with Crippen LogP contribution in [0, 0.1) is 0 Å². The average Bonchev–Trinajstić information content (AvgIpc) is 2.38. The van der Waals surface area contributed by atoms with Crippen molar-refractivity contribution >= 4 is 17.3 Å². The van der Waals surface area contributed by atoms with E-state index in [-0.39, 0.29) is 5.91 Å². The van der Waals surface area contributed by atoms with Crippen LogP contribution in [-0.2, 0) is 0 Å². The van der Waals surface area contributed by atoms with Gasteiger partial charge in [0.05, 0.1) is 5.56 Å². The molecule has 1 aromatic rings. The summed E-state index contributed by atoms with van der Waals surface area (Å²) in [7, 11) is 3.87. The number of hydrogen-bond acceptors (Lipinski definition) is 3. The van der Waals surface area contributed by atoms with E-state index in [0.29, 0.717) is 11.3 Å². The number of rotatable bonds is 6. The van der Waals surface area contributed by atoms with Crippen LogP contribution in [0.5, 0.6) is 0 Å². The summed E-state index contributed by atoms with van der Waals surface area (Å²) in [5.41, 5.74) is 8.04. The SMILES string of the molecule is CCCCN(CC)C(=O)c1cc(N)ccc1N(C)C. The molecular formula is C15H25N3O. The Morgan fingerprint density at radius 2 is 1.95 bits per heavy atom. The summed E-state index contributed by atoms with van der Waals surface area (Å²) in [4.78, 5) is 16.4. The first-order chi connectivity index (χ1) is 9.01. The number of carbonyl (C=O) groups excluding carboxylic acids is 1. The summed E-state index contributed by atoms with van der Waals surface area (Å²) >= 11 is 0. The van der Waals surface area contributed by atoms with Gasteiger partial charge in [-0.15, -0.1) is 0 Å². The molecule has 0 heterocycles. The van der Waals surface area contributed by atoms with E-state index in [1.54, 1.807) is 6.07 Å². The van der Waals surface area contributed by atoms with Crippen LogP contribution >= 0.6 is 0 Å². The number of nitrogens with zero attached hydrogens (tertiary/aromatic N) is 2. The molecule has 1 aromatic carbocycles. The molecule has 0 fully saturated rings. The topological polar surface area (TPSA) is 49.6 Å². The van der Waals surface area contributed by atoms with Gasteiger partial charge in [-0.1, -0.05) is 13.3 Å². The third kappa shape index (κ3) is 3.88. The van der Waals surface area contributed by atoms with Gasteiger partial charge in [-0.25, -0.2) is 0 Å². The minimum atomic E-state index is 0.0620. The van der Waals surface area contributed by atoms with Gasteiger partial charge in [-0.2, -0.15) is 0 Å². The molecule has 106 valence electrons. The number of nitrogens with two attached hydrogens (primary N) is 1. The summed E-state index contributed by atoms with van der Waals surface area (Å²) in [6.45, 7) is 5.66. The van der Waals surface area contributed by atoms with E-state index in [2.05, 4.69) is 6.92 Å². The van der Waals surface area contributed by atoms with Crippen molar-refractivity contribution in [3.05, 3.63) is 23.8 Å². The van der Waals surface area contributed by atoms with E-state index in [9.17, 15) is 4.79 Å². The molecule has 0 aliphatic heterocycles. The van der Waals surface area contributed by atoms with Crippen LogP contribution in [0.25, 0.3) is 0 Å². The number of nitrogen functional groups attached to an aromatic ring is 1. The van der Waals surface area contributed by atoms with E-state index in [0.717, 1.165) is 31.6 Å². The lowest BCUT2D eigenvalue weighted by Crippen LogP contribution is -2.33. The molecule has 4 nitrogen and oxygen atoms in total. The molecule has 0 bridgehead atoms. The van der Waals surface area contributed by atoms with Gasteiger partial charge in [-0.3, -0.25) is 4.79 Å². The van der Waals surface area contributed by atoms with Crippen LogP contribution in [0.1, 0.15) is 37.0 Å². The number of benzene rings is 1. The highest BCUT2D eigenvalue weighted by molar-refractivity contribution is 6.00. The van der Waals surface area contributed by atoms with Gasteiger partial charge in [0.25, 0.3) is 5.91 Å². The van der Waals surface area contributed by atoms with E-state index in [4.69, 9.17) is 5.73 Å². The van der Waals surface area contributed by atoms with Crippen LogP contribution in [0.15, 0.2) is 18.2 Å². The number of anilines is 2. The van der Waals surface area contributed by atoms with Crippen LogP contribution in [0.4, 0.5) is 11.4 Å². The Hall–Kier alpha value is -1.71. The van der Waals surface area contributed by atoms with Crippen molar-refractivity contribution in [1.82, 2.24) is 4.90 Å². The summed E-state index contributed by atoms with van der Waals surface area (Å²) in [5, 5.41) is 0. The fraction of sp³-hybridized carbons (Fsp3) is 0.533. The standard InChI is InChI=1S/C15H25N3O/c1-5-7-10-18(6-2)15(19)13-11-12(16)8-9-14(13)17(3)4/h8-9,11H,5-7,10,16H2,1-4H3. The quantitative estimate of drug-likeness (QED) is 0.803. The van der Waals surface area contributed by atoms with Gasteiger partial charge < -0.3 is 15.5 Å². The van der Waals surface area contributed by atoms with Gasteiger partial charge in [-0.05, 0) is 31.5 Å². The lowest BCUT2D eigenvalue weighted by molar-refractivity contribution is 0.0763. The zero-order valence-electron chi connectivity index (χ0n) is 12.4. The molecule has 0 atom stereocenters. The Kier molecular flexibility index (Phi) is 5.67. The minimum absolute atomic E-state index is 0.0620. The Morgan fingerprint density at radius 3 is 2.47 bits per heavy atom. The lowest BCUT2D eigenvalue weighted by atomic mass is 10.1. The molecular weight excluding hydrogens is 238 g/mol. The van der Waals surface area contributed by atoms with Crippen LogP contribution in [0.3, 0.4) is 0 Å². The monoisotopic (exact) mass is 263 g/mol. The van der Waals surface area contributed by atoms with Gasteiger partial charge >= 0.3 is 0 Å². The molecule has 0 aromatic heterocycles. The van der Waals surface area contributed by atoms with Crippen molar-refractivity contribution in [3.63, 3.8) is 0 Å². The largest absolute Gasteiger partial charge is 0.399 e. The predicted molar refractivity (Wildman–Crippen MR) is 81.7 cm³/mol. The molecule has 0 radical (unpaired) electrons. The normalized spacial score (nSPS) is 10.3. The Bertz CT molecular complexity index is 429. The highest BCUT2D eigenvalue weighted by atomic mass is 16.2. The Labute approximate surface area is 116 Å². The predicted octanol–water partition coefficient (Wildman–Crippen LogP) is 2.60. The molecule has 2 N–H and O–H groups in total. The van der Waals surface area contributed by atoms with Crippen molar-refractivity contribution in [2.75, 3.05) is 37.8 Å². The van der Waals surface area contributed by atoms with Crippen molar-refractivity contribution in [3.8, 4) is 0 Å². The maximum atomic E-state index is 12.6. The summed E-state index contributed by atoms with van der Waals surface area (Å²) in [5.74, 6) is 0.0620. The second-order valence-corrected chi connectivity index (χ2v) is 4.91. The third-order valence-corrected chi connectivity index (χ3v) is 3.18. The molecule has 0 unspecified atom stereocenters. The molecule has 1 rings (SSSR count). The minimum Gasteiger partial charge on any atom is -0.399 e. The number of carbonyl (C=O) groups is 1. The second-order valence-electron chi connectivity index (χ2n) is 4.91. The summed E-state index contributed by atoms with van der Waals surface area (Å²) in [6, 6.07) is 5.50. The maximum absolute atomic E-state index is 12.6. The summed E-state index contributed by atoms with van der Waals surface area (Å²) in [6.07, 6.45) is 2.11. The van der Waals surface area contributed by atoms with Gasteiger partial charge in [0.15, 0.2) is 0 Å². The Balaban J connectivity index is 3.05. The van der Waals surface area contributed by atoms with Crippen LogP contribution in [-0.4, -0.2) is 38.0 Å². The first-order valence-corrected chi connectivity index (χ1v) is 6.87. The molecule has 1 amide bonds. The number of amides is 1. The van der Waals surface area contributed by atoms with Crippen molar-refractivity contribution in [2.45, 2.75) is 26.7 Å². The zero-order valence-corrected chi connectivity index (χ0v) is 12.4. The Morgan fingerprint density at radius 1 is 1.26 bits per heavy atom. The highest BCUT2D eigenvalue weighted by Gasteiger charge is 2.18. The molecule has 0 spiro atoms. The molecule has 0 saturated heterocycles. The first kappa shape index (κ1) is 15.3. The smallest absolute Gasteiger partial charge is 0.256 e. The fourth-order valence-electron chi connectivity index (χ4n) is 2.04. The van der Waals surface area contributed by atoms with Gasteiger partial charge in [0.1, 0.15) is 0 Å². The first-order valence-electron chi connectivity index (χ1n) is 6.87. The highest BCUT2D eigenvalue weighted by Crippen LogP contribution is 2.23. The maximum Gasteiger partial charge on any atom is 0.256 e. The fourth-order valence-corrected chi connectivity index (χ4v) is 2.04. The van der Waals surface area contributed by atoms with E-state index in [1.165, 1.54) is 0 Å². The van der Waals surface area contributed by atoms with E-state index >= 15 is 0 Å². The van der Waals surface area contributed by atoms with Crippen molar-refractivity contribution in [1.29, 1.82) is 0 Å². The summed E-state index contributed by atoms with van der Waals surface area (Å²) < 4.78 is 0. The van der Waals surface area contributed by atoms with Crippen molar-refractivity contribution < 1.29 is 4.79 Å². The molecule has 0 aliphatic carbocycles. The number of unbranched alkanes of at least 4 members (excludes halogenated alkanes) is 1. The molecule has 0 saturated carbocycles. The third-order valence-electron chi connectivity index (χ3n) is 3.18. The lowest BCUT2D eigenvalue weighted by Gasteiger charge is -2.24. The number of hydrogen-bond donors (Lipinski definition) is 1. The van der Waals surface area contributed by atoms with E-state index < -0.39 is 0 Å². The van der Waals surface area contributed by atoms with Gasteiger partial charge in [0, 0.05) is 38.6 Å².